The summed E-state index contributed by atoms with van der Waals surface area (Å²) in [4.78, 5) is 24.8. The van der Waals surface area contributed by atoms with Crippen LogP contribution in [0.25, 0.3) is 11.0 Å². The third-order valence-electron chi connectivity index (χ3n) is 8.20. The quantitative estimate of drug-likeness (QED) is 0.343. The molecule has 3 aromatic heterocycles. The molecule has 0 radical (unpaired) electrons. The maximum absolute atomic E-state index is 15.2. The van der Waals surface area contributed by atoms with Crippen LogP contribution in [0.2, 0.25) is 0 Å². The van der Waals surface area contributed by atoms with Gasteiger partial charge in [-0.3, -0.25) is 9.78 Å². The van der Waals surface area contributed by atoms with E-state index in [0.29, 0.717) is 60.0 Å². The van der Waals surface area contributed by atoms with Crippen LogP contribution in [0.5, 0.6) is 11.6 Å². The van der Waals surface area contributed by atoms with Gasteiger partial charge in [0.1, 0.15) is 5.82 Å². The number of halogens is 1. The SMILES string of the molecule is COc1ccc2ncc(F)c(CC(OCCO)C34CCC(NCc5ccc6c(n5)NC(=O)CO6)(CC3)CO4)c2n1. The van der Waals surface area contributed by atoms with Crippen molar-refractivity contribution in [3.63, 3.8) is 0 Å². The Kier molecular flexibility index (Phi) is 7.26. The minimum atomic E-state index is -0.620. The molecule has 7 rings (SSSR count). The van der Waals surface area contributed by atoms with Gasteiger partial charge in [0.15, 0.2) is 18.2 Å². The molecule has 3 fully saturated rings. The molecule has 3 aliphatic heterocycles. The van der Waals surface area contributed by atoms with Gasteiger partial charge in [0, 0.05) is 30.1 Å². The van der Waals surface area contributed by atoms with Crippen LogP contribution in [0, 0.1) is 5.82 Å². The highest BCUT2D eigenvalue weighted by Gasteiger charge is 2.54. The van der Waals surface area contributed by atoms with Gasteiger partial charge in [-0.2, -0.15) is 0 Å². The number of anilines is 1. The van der Waals surface area contributed by atoms with Crippen molar-refractivity contribution < 1.29 is 33.2 Å². The average molecular weight is 554 g/mol. The molecule has 1 saturated carbocycles. The zero-order valence-electron chi connectivity index (χ0n) is 22.2. The molecule has 4 aliphatic rings. The smallest absolute Gasteiger partial charge is 0.263 e. The van der Waals surface area contributed by atoms with Gasteiger partial charge in [-0.25, -0.2) is 14.4 Å². The fourth-order valence-corrected chi connectivity index (χ4v) is 5.91. The number of carbonyl (C=O) groups is 1. The van der Waals surface area contributed by atoms with E-state index in [1.807, 2.05) is 12.1 Å². The molecule has 1 atom stereocenters. The molecule has 11 nitrogen and oxygen atoms in total. The molecule has 2 bridgehead atoms. The summed E-state index contributed by atoms with van der Waals surface area (Å²) in [6.07, 6.45) is 4.02. The first-order chi connectivity index (χ1) is 19.4. The van der Waals surface area contributed by atoms with Gasteiger partial charge in [-0.15, -0.1) is 0 Å². The molecular formula is C28H32FN5O6. The van der Waals surface area contributed by atoms with E-state index >= 15 is 4.39 Å². The number of hydrogen-bond donors (Lipinski definition) is 3. The summed E-state index contributed by atoms with van der Waals surface area (Å²) in [6, 6.07) is 7.14. The van der Waals surface area contributed by atoms with E-state index in [2.05, 4.69) is 25.6 Å². The van der Waals surface area contributed by atoms with Crippen LogP contribution in [-0.2, 0) is 27.2 Å². The lowest BCUT2D eigenvalue weighted by Gasteiger charge is -2.56. The Labute approximate surface area is 230 Å². The number of aliphatic hydroxyl groups excluding tert-OH is 1. The Morgan fingerprint density at radius 1 is 1.20 bits per heavy atom. The number of methoxy groups -OCH3 is 1. The van der Waals surface area contributed by atoms with Crippen molar-refractivity contribution in [2.45, 2.75) is 55.9 Å². The maximum atomic E-state index is 15.2. The molecule has 6 heterocycles. The molecule has 12 heteroatoms. The van der Waals surface area contributed by atoms with Crippen LogP contribution < -0.4 is 20.1 Å². The second-order valence-corrected chi connectivity index (χ2v) is 10.6. The highest BCUT2D eigenvalue weighted by atomic mass is 19.1. The van der Waals surface area contributed by atoms with Crippen molar-refractivity contribution in [2.75, 3.05) is 38.9 Å². The van der Waals surface area contributed by atoms with Crippen molar-refractivity contribution >= 4 is 22.8 Å². The fourth-order valence-electron chi connectivity index (χ4n) is 5.91. The Morgan fingerprint density at radius 3 is 2.80 bits per heavy atom. The van der Waals surface area contributed by atoms with Crippen LogP contribution in [0.1, 0.15) is 36.9 Å². The molecule has 1 unspecified atom stereocenters. The Bertz CT molecular complexity index is 1400. The number of rotatable bonds is 10. The molecule has 0 aromatic carbocycles. The summed E-state index contributed by atoms with van der Waals surface area (Å²) >= 11 is 0. The van der Waals surface area contributed by atoms with Gasteiger partial charge in [-0.05, 0) is 43.9 Å². The zero-order valence-corrected chi connectivity index (χ0v) is 22.2. The Balaban J connectivity index is 1.18. The van der Waals surface area contributed by atoms with Gasteiger partial charge in [0.05, 0.1) is 61.6 Å². The summed E-state index contributed by atoms with van der Waals surface area (Å²) in [5, 5.41) is 15.9. The molecule has 0 spiro atoms. The topological polar surface area (TPSA) is 137 Å². The summed E-state index contributed by atoms with van der Waals surface area (Å²) in [6.45, 7) is 0.925. The summed E-state index contributed by atoms with van der Waals surface area (Å²) < 4.78 is 38.5. The number of aliphatic hydroxyl groups is 1. The molecule has 3 aromatic rings. The summed E-state index contributed by atoms with van der Waals surface area (Å²) in [5.41, 5.74) is 1.31. The minimum Gasteiger partial charge on any atom is -0.481 e. The average Bonchev–Trinajstić information content (AvgIpc) is 2.99. The highest BCUT2D eigenvalue weighted by molar-refractivity contribution is 5.94. The number of carbonyl (C=O) groups excluding carboxylic acids is 1. The van der Waals surface area contributed by atoms with Gasteiger partial charge in [-0.1, -0.05) is 0 Å². The van der Waals surface area contributed by atoms with E-state index in [4.69, 9.17) is 18.9 Å². The van der Waals surface area contributed by atoms with Gasteiger partial charge < -0.3 is 34.7 Å². The normalized spacial score (nSPS) is 24.3. The lowest BCUT2D eigenvalue weighted by Crippen LogP contribution is -2.65. The first-order valence-corrected chi connectivity index (χ1v) is 13.4. The van der Waals surface area contributed by atoms with Crippen LogP contribution in [-0.4, -0.2) is 76.7 Å². The van der Waals surface area contributed by atoms with Crippen molar-refractivity contribution in [1.29, 1.82) is 0 Å². The predicted molar refractivity (Wildman–Crippen MR) is 142 cm³/mol. The molecule has 212 valence electrons. The van der Waals surface area contributed by atoms with Crippen molar-refractivity contribution in [3.05, 3.63) is 47.5 Å². The van der Waals surface area contributed by atoms with Crippen molar-refractivity contribution in [3.8, 4) is 11.6 Å². The number of hydrogen-bond acceptors (Lipinski definition) is 10. The maximum Gasteiger partial charge on any atom is 0.263 e. The number of fused-ring (bicyclic) bond motifs is 5. The lowest BCUT2D eigenvalue weighted by atomic mass is 9.68. The number of pyridine rings is 3. The summed E-state index contributed by atoms with van der Waals surface area (Å²) in [7, 11) is 1.51. The monoisotopic (exact) mass is 553 g/mol. The standard InChI is InChI=1S/C28H32FN5O6/c1-37-24-5-3-20-25(34-24)18(19(29)14-30-20)12-22(38-11-10-35)28-8-6-27(7-9-28,16-40-28)31-13-17-2-4-21-26(32-17)33-23(36)15-39-21/h2-5,14,22,31,35H,6-13,15-16H2,1H3,(H,32,33,36). The first-order valence-electron chi connectivity index (χ1n) is 13.4. The molecule has 2 saturated heterocycles. The second kappa shape index (κ2) is 10.8. The van der Waals surface area contributed by atoms with Crippen molar-refractivity contribution in [2.24, 2.45) is 0 Å². The molecule has 1 aliphatic carbocycles. The van der Waals surface area contributed by atoms with E-state index < -0.39 is 17.5 Å². The third-order valence-corrected chi connectivity index (χ3v) is 8.20. The molecule has 40 heavy (non-hydrogen) atoms. The van der Waals surface area contributed by atoms with Crippen LogP contribution in [0.3, 0.4) is 0 Å². The van der Waals surface area contributed by atoms with Gasteiger partial charge in [0.25, 0.3) is 5.91 Å². The molecular weight excluding hydrogens is 521 g/mol. The molecule has 1 amide bonds. The van der Waals surface area contributed by atoms with Crippen LogP contribution >= 0.6 is 0 Å². The van der Waals surface area contributed by atoms with E-state index in [1.165, 1.54) is 13.3 Å². The zero-order chi connectivity index (χ0) is 27.7. The van der Waals surface area contributed by atoms with E-state index in [0.717, 1.165) is 18.5 Å². The highest BCUT2D eigenvalue weighted by Crippen LogP contribution is 2.47. The van der Waals surface area contributed by atoms with Crippen molar-refractivity contribution in [1.82, 2.24) is 20.3 Å². The van der Waals surface area contributed by atoms with E-state index in [-0.39, 0.29) is 37.7 Å². The van der Waals surface area contributed by atoms with E-state index in [1.54, 1.807) is 12.1 Å². The number of amides is 1. The number of nitrogens with one attached hydrogen (secondary N) is 2. The predicted octanol–water partition coefficient (Wildman–Crippen LogP) is 2.29. The second-order valence-electron chi connectivity index (χ2n) is 10.6. The minimum absolute atomic E-state index is 0.00772. The third kappa shape index (κ3) is 5.07. The molecule has 3 N–H and O–H groups in total. The first kappa shape index (κ1) is 26.8. The summed E-state index contributed by atoms with van der Waals surface area (Å²) in [5.74, 6) is 0.677. The fraction of sp³-hybridized carbons (Fsp3) is 0.500. The van der Waals surface area contributed by atoms with Gasteiger partial charge >= 0.3 is 0 Å². The van der Waals surface area contributed by atoms with Crippen LogP contribution in [0.15, 0.2) is 30.5 Å². The lowest BCUT2D eigenvalue weighted by molar-refractivity contribution is -0.221. The Morgan fingerprint density at radius 2 is 2.05 bits per heavy atom. The van der Waals surface area contributed by atoms with E-state index in [9.17, 15) is 9.90 Å². The Hall–Kier alpha value is -3.45. The van der Waals surface area contributed by atoms with Crippen LogP contribution in [0.4, 0.5) is 10.2 Å². The number of aromatic nitrogens is 3. The largest absolute Gasteiger partial charge is 0.481 e. The van der Waals surface area contributed by atoms with Gasteiger partial charge in [0.2, 0.25) is 5.88 Å². The number of ether oxygens (including phenoxy) is 4. The number of nitrogens with zero attached hydrogens (tertiary/aromatic N) is 3.